The second kappa shape index (κ2) is 6.62. The summed E-state index contributed by atoms with van der Waals surface area (Å²) in [5.74, 6) is 0.856. The van der Waals surface area contributed by atoms with Crippen LogP contribution < -0.4 is 14.2 Å². The molecule has 4 rings (SSSR count). The molecule has 0 atom stereocenters. The van der Waals surface area contributed by atoms with Gasteiger partial charge in [0, 0.05) is 30.5 Å². The molecule has 2 aromatic heterocycles. The van der Waals surface area contributed by atoms with E-state index in [0.29, 0.717) is 0 Å². The Kier molecular flexibility index (Phi) is 4.57. The van der Waals surface area contributed by atoms with Gasteiger partial charge in [-0.2, -0.15) is 9.46 Å². The standard InChI is InChI=1S/C9H11NO2.C8H8ClNO/c1-12-9-5-6-10(11)8-4-2-3-7(8)9;9-7-4-5-10(11)8-3-1-2-6(7)8/h5-6H,2-4H2,1H3;4-5H,1-3H2. The highest BCUT2D eigenvalue weighted by molar-refractivity contribution is 6.31. The van der Waals surface area contributed by atoms with Gasteiger partial charge in [0.1, 0.15) is 5.75 Å². The molecule has 2 aliphatic rings. The number of ether oxygens (including phenoxy) is 1. The molecule has 0 amide bonds. The molecule has 0 saturated carbocycles. The fourth-order valence-corrected chi connectivity index (χ4v) is 3.57. The Labute approximate surface area is 140 Å². The SMILES string of the molecule is COc1cc[n+]([O-])c2c1CCC2.[O-][n+]1ccc(Cl)c2c1CCC2. The molecular weight excluding hydrogens is 316 g/mol. The Balaban J connectivity index is 0.000000136. The van der Waals surface area contributed by atoms with E-state index in [1.165, 1.54) is 12.4 Å². The molecule has 122 valence electrons. The highest BCUT2D eigenvalue weighted by Crippen LogP contribution is 2.27. The monoisotopic (exact) mass is 334 g/mol. The van der Waals surface area contributed by atoms with E-state index in [4.69, 9.17) is 16.3 Å². The predicted octanol–water partition coefficient (Wildman–Crippen LogP) is 2.28. The van der Waals surface area contributed by atoms with Gasteiger partial charge in [-0.3, -0.25) is 0 Å². The molecule has 0 fully saturated rings. The maximum atomic E-state index is 11.2. The van der Waals surface area contributed by atoms with Crippen LogP contribution in [0.4, 0.5) is 0 Å². The lowest BCUT2D eigenvalue weighted by Gasteiger charge is -2.06. The minimum absolute atomic E-state index is 0.740. The predicted molar refractivity (Wildman–Crippen MR) is 86.4 cm³/mol. The van der Waals surface area contributed by atoms with E-state index in [2.05, 4.69) is 0 Å². The summed E-state index contributed by atoms with van der Waals surface area (Å²) in [4.78, 5) is 0. The molecule has 5 nitrogen and oxygen atoms in total. The molecular formula is C17H19ClN2O3. The van der Waals surface area contributed by atoms with Gasteiger partial charge < -0.3 is 15.2 Å². The quantitative estimate of drug-likeness (QED) is 0.593. The summed E-state index contributed by atoms with van der Waals surface area (Å²) in [7, 11) is 1.64. The lowest BCUT2D eigenvalue weighted by atomic mass is 10.2. The minimum Gasteiger partial charge on any atom is -0.618 e. The number of fused-ring (bicyclic) bond motifs is 2. The number of aromatic nitrogens is 2. The molecule has 0 saturated heterocycles. The molecule has 0 N–H and O–H groups in total. The first kappa shape index (κ1) is 15.9. The maximum Gasteiger partial charge on any atom is 0.199 e. The summed E-state index contributed by atoms with van der Waals surface area (Å²) < 4.78 is 7.03. The summed E-state index contributed by atoms with van der Waals surface area (Å²) in [6.07, 6.45) is 8.81. The molecule has 0 radical (unpaired) electrons. The zero-order valence-electron chi connectivity index (χ0n) is 13.0. The van der Waals surface area contributed by atoms with Gasteiger partial charge in [0.15, 0.2) is 23.8 Å². The number of halogens is 1. The van der Waals surface area contributed by atoms with Crippen molar-refractivity contribution in [3.63, 3.8) is 0 Å². The first-order chi connectivity index (χ1) is 11.1. The van der Waals surface area contributed by atoms with Gasteiger partial charge in [0.25, 0.3) is 0 Å². The Morgan fingerprint density at radius 2 is 1.48 bits per heavy atom. The van der Waals surface area contributed by atoms with Crippen molar-refractivity contribution in [1.82, 2.24) is 0 Å². The van der Waals surface area contributed by atoms with E-state index in [0.717, 1.165) is 81.3 Å². The third-order valence-electron chi connectivity index (χ3n) is 4.43. The number of hydrogen-bond donors (Lipinski definition) is 0. The summed E-state index contributed by atoms with van der Waals surface area (Å²) in [5.41, 5.74) is 3.88. The lowest BCUT2D eigenvalue weighted by Crippen LogP contribution is -2.31. The molecule has 6 heteroatoms. The summed E-state index contributed by atoms with van der Waals surface area (Å²) in [6.45, 7) is 0. The number of methoxy groups -OCH3 is 1. The number of nitrogens with zero attached hydrogens (tertiary/aromatic N) is 2. The van der Waals surface area contributed by atoms with Crippen LogP contribution in [-0.4, -0.2) is 7.11 Å². The number of rotatable bonds is 1. The van der Waals surface area contributed by atoms with E-state index >= 15 is 0 Å². The van der Waals surface area contributed by atoms with Crippen molar-refractivity contribution in [3.8, 4) is 5.75 Å². The maximum absolute atomic E-state index is 11.2. The van der Waals surface area contributed by atoms with Crippen LogP contribution >= 0.6 is 11.6 Å². The summed E-state index contributed by atoms with van der Waals surface area (Å²) >= 11 is 5.89. The van der Waals surface area contributed by atoms with Crippen LogP contribution in [0.2, 0.25) is 5.02 Å². The normalized spacial score (nSPS) is 14.7. The smallest absolute Gasteiger partial charge is 0.199 e. The van der Waals surface area contributed by atoms with Crippen LogP contribution in [0.3, 0.4) is 0 Å². The second-order valence-corrected chi connectivity index (χ2v) is 6.16. The minimum atomic E-state index is 0.740. The van der Waals surface area contributed by atoms with Crippen LogP contribution in [-0.2, 0) is 25.7 Å². The van der Waals surface area contributed by atoms with Gasteiger partial charge in [-0.1, -0.05) is 11.6 Å². The molecule has 2 heterocycles. The molecule has 0 aromatic carbocycles. The first-order valence-corrected chi connectivity index (χ1v) is 8.17. The fourth-order valence-electron chi connectivity index (χ4n) is 3.31. The van der Waals surface area contributed by atoms with Gasteiger partial charge in [0.2, 0.25) is 0 Å². The van der Waals surface area contributed by atoms with Crippen molar-refractivity contribution in [2.45, 2.75) is 38.5 Å². The Bertz CT molecular complexity index is 705. The van der Waals surface area contributed by atoms with E-state index in [9.17, 15) is 10.4 Å². The van der Waals surface area contributed by atoms with Crippen molar-refractivity contribution in [2.24, 2.45) is 0 Å². The molecule has 2 aliphatic carbocycles. The van der Waals surface area contributed by atoms with E-state index in [1.54, 1.807) is 19.2 Å². The van der Waals surface area contributed by atoms with E-state index < -0.39 is 0 Å². The summed E-state index contributed by atoms with van der Waals surface area (Å²) in [5, 5.41) is 23.1. The van der Waals surface area contributed by atoms with E-state index in [-0.39, 0.29) is 0 Å². The largest absolute Gasteiger partial charge is 0.618 e. The highest BCUT2D eigenvalue weighted by Gasteiger charge is 2.23. The first-order valence-electron chi connectivity index (χ1n) is 7.79. The van der Waals surface area contributed by atoms with Crippen LogP contribution in [0, 0.1) is 10.4 Å². The van der Waals surface area contributed by atoms with Gasteiger partial charge in [-0.15, -0.1) is 0 Å². The van der Waals surface area contributed by atoms with Crippen molar-refractivity contribution >= 4 is 11.6 Å². The zero-order chi connectivity index (χ0) is 16.4. The van der Waals surface area contributed by atoms with Gasteiger partial charge in [-0.25, -0.2) is 0 Å². The molecule has 0 aliphatic heterocycles. The topological polar surface area (TPSA) is 63.1 Å². The van der Waals surface area contributed by atoms with Crippen LogP contribution in [0.25, 0.3) is 0 Å². The molecule has 2 aromatic rings. The Hall–Kier alpha value is -2.01. The lowest BCUT2D eigenvalue weighted by molar-refractivity contribution is -0.613. The van der Waals surface area contributed by atoms with Gasteiger partial charge >= 0.3 is 0 Å². The Morgan fingerprint density at radius 3 is 2.09 bits per heavy atom. The van der Waals surface area contributed by atoms with Gasteiger partial charge in [0.05, 0.1) is 17.7 Å². The molecule has 0 bridgehead atoms. The summed E-state index contributed by atoms with van der Waals surface area (Å²) in [6, 6.07) is 3.40. The molecule has 0 spiro atoms. The van der Waals surface area contributed by atoms with Crippen molar-refractivity contribution in [3.05, 3.63) is 62.5 Å². The third kappa shape index (κ3) is 3.06. The average Bonchev–Trinajstić information content (AvgIpc) is 3.22. The van der Waals surface area contributed by atoms with Crippen molar-refractivity contribution in [2.75, 3.05) is 7.11 Å². The molecule has 23 heavy (non-hydrogen) atoms. The van der Waals surface area contributed by atoms with E-state index in [1.807, 2.05) is 0 Å². The highest BCUT2D eigenvalue weighted by atomic mass is 35.5. The van der Waals surface area contributed by atoms with Gasteiger partial charge in [-0.05, 0) is 25.7 Å². The zero-order valence-corrected chi connectivity index (χ0v) is 13.8. The second-order valence-electron chi connectivity index (χ2n) is 5.76. The number of hydrogen-bond acceptors (Lipinski definition) is 3. The number of pyridine rings is 2. The van der Waals surface area contributed by atoms with Crippen molar-refractivity contribution < 1.29 is 14.2 Å². The van der Waals surface area contributed by atoms with Crippen molar-refractivity contribution in [1.29, 1.82) is 0 Å². The molecule has 0 unspecified atom stereocenters. The fraction of sp³-hybridized carbons (Fsp3) is 0.412. The Morgan fingerprint density at radius 1 is 0.913 bits per heavy atom. The average molecular weight is 335 g/mol. The van der Waals surface area contributed by atoms with Crippen LogP contribution in [0.15, 0.2) is 24.5 Å². The van der Waals surface area contributed by atoms with Crippen LogP contribution in [0.5, 0.6) is 5.75 Å². The van der Waals surface area contributed by atoms with Crippen LogP contribution in [0.1, 0.15) is 35.4 Å². The third-order valence-corrected chi connectivity index (χ3v) is 4.79.